The molecule has 0 heterocycles. The first-order valence-corrected chi connectivity index (χ1v) is 5.73. The van der Waals surface area contributed by atoms with Gasteiger partial charge in [-0.25, -0.2) is 0 Å². The Kier molecular flexibility index (Phi) is 12.2. The number of primary amides is 1. The van der Waals surface area contributed by atoms with Crippen LogP contribution in [0.1, 0.15) is 13.8 Å². The van der Waals surface area contributed by atoms with E-state index in [1.807, 2.05) is 13.8 Å². The second kappa shape index (κ2) is 11.3. The van der Waals surface area contributed by atoms with Gasteiger partial charge >= 0.3 is 0 Å². The van der Waals surface area contributed by atoms with Gasteiger partial charge in [-0.3, -0.25) is 9.59 Å². The molecule has 3 N–H and O–H groups in total. The molecule has 0 unspecified atom stereocenters. The molecule has 0 aromatic rings. The Morgan fingerprint density at radius 2 is 2.00 bits per heavy atom. The average Bonchev–Trinajstić information content (AvgIpc) is 2.22. The molecule has 0 aromatic carbocycles. The van der Waals surface area contributed by atoms with Gasteiger partial charge in [-0.1, -0.05) is 13.8 Å². The number of carbonyl (C=O) groups excluding carboxylic acids is 2. The lowest BCUT2D eigenvalue weighted by Gasteiger charge is -2.23. The highest BCUT2D eigenvalue weighted by atomic mass is 35.5. The minimum atomic E-state index is -0.490. The fourth-order valence-electron chi connectivity index (χ4n) is 1.36. The number of methoxy groups -OCH3 is 1. The van der Waals surface area contributed by atoms with Crippen LogP contribution in [0.4, 0.5) is 0 Å². The van der Waals surface area contributed by atoms with Crippen molar-refractivity contribution < 1.29 is 14.3 Å². The SMILES string of the molecule is COCCNCC(=O)N(CC(N)=O)CC(C)C.Cl. The molecule has 0 rings (SSSR count). The number of amides is 2. The highest BCUT2D eigenvalue weighted by molar-refractivity contribution is 5.85. The van der Waals surface area contributed by atoms with Crippen LogP contribution in [0.5, 0.6) is 0 Å². The molecule has 0 aliphatic rings. The zero-order valence-corrected chi connectivity index (χ0v) is 12.1. The highest BCUT2D eigenvalue weighted by Gasteiger charge is 2.16. The van der Waals surface area contributed by atoms with Gasteiger partial charge in [0.1, 0.15) is 0 Å². The van der Waals surface area contributed by atoms with Crippen molar-refractivity contribution >= 4 is 24.2 Å². The monoisotopic (exact) mass is 281 g/mol. The van der Waals surface area contributed by atoms with E-state index in [0.717, 1.165) is 0 Å². The first-order valence-electron chi connectivity index (χ1n) is 5.73. The van der Waals surface area contributed by atoms with Gasteiger partial charge in [-0.2, -0.15) is 0 Å². The summed E-state index contributed by atoms with van der Waals surface area (Å²) >= 11 is 0. The first-order chi connectivity index (χ1) is 7.97. The molecule has 0 atom stereocenters. The van der Waals surface area contributed by atoms with Crippen LogP contribution in [0.2, 0.25) is 0 Å². The molecule has 0 bridgehead atoms. The fraction of sp³-hybridized carbons (Fsp3) is 0.818. The van der Waals surface area contributed by atoms with Crippen LogP contribution >= 0.6 is 12.4 Å². The number of nitrogens with zero attached hydrogens (tertiary/aromatic N) is 1. The van der Waals surface area contributed by atoms with E-state index in [9.17, 15) is 9.59 Å². The van der Waals surface area contributed by atoms with Crippen LogP contribution < -0.4 is 11.1 Å². The predicted molar refractivity (Wildman–Crippen MR) is 72.6 cm³/mol. The molecule has 0 fully saturated rings. The summed E-state index contributed by atoms with van der Waals surface area (Å²) in [4.78, 5) is 24.1. The normalized spacial score (nSPS) is 10.0. The molecule has 7 heteroatoms. The van der Waals surface area contributed by atoms with E-state index < -0.39 is 5.91 Å². The maximum Gasteiger partial charge on any atom is 0.237 e. The molecule has 0 radical (unpaired) electrons. The zero-order valence-electron chi connectivity index (χ0n) is 11.3. The summed E-state index contributed by atoms with van der Waals surface area (Å²) in [5.41, 5.74) is 5.11. The van der Waals surface area contributed by atoms with Crippen molar-refractivity contribution in [3.8, 4) is 0 Å². The van der Waals surface area contributed by atoms with Crippen LogP contribution in [0.15, 0.2) is 0 Å². The molecule has 108 valence electrons. The van der Waals surface area contributed by atoms with Crippen LogP contribution in [-0.4, -0.2) is 56.6 Å². The lowest BCUT2D eigenvalue weighted by molar-refractivity contribution is -0.134. The Hall–Kier alpha value is -0.850. The number of hydrogen-bond acceptors (Lipinski definition) is 4. The Bertz CT molecular complexity index is 250. The summed E-state index contributed by atoms with van der Waals surface area (Å²) in [5, 5.41) is 2.94. The zero-order chi connectivity index (χ0) is 13.3. The molecular weight excluding hydrogens is 258 g/mol. The summed E-state index contributed by atoms with van der Waals surface area (Å²) < 4.78 is 4.85. The third-order valence-corrected chi connectivity index (χ3v) is 2.04. The number of carbonyl (C=O) groups is 2. The Labute approximate surface area is 115 Å². The number of nitrogens with two attached hydrogens (primary N) is 1. The molecule has 0 aliphatic carbocycles. The Morgan fingerprint density at radius 3 is 2.44 bits per heavy atom. The van der Waals surface area contributed by atoms with E-state index in [1.54, 1.807) is 7.11 Å². The van der Waals surface area contributed by atoms with E-state index in [1.165, 1.54) is 4.90 Å². The van der Waals surface area contributed by atoms with E-state index in [-0.39, 0.29) is 31.4 Å². The first kappa shape index (κ1) is 19.5. The van der Waals surface area contributed by atoms with Gasteiger partial charge < -0.3 is 20.7 Å². The molecule has 0 spiro atoms. The minimum absolute atomic E-state index is 0. The number of rotatable bonds is 9. The van der Waals surface area contributed by atoms with Crippen molar-refractivity contribution in [2.24, 2.45) is 11.7 Å². The summed E-state index contributed by atoms with van der Waals surface area (Å²) in [6.45, 7) is 5.83. The van der Waals surface area contributed by atoms with Crippen LogP contribution in [0, 0.1) is 5.92 Å². The molecular formula is C11H24ClN3O3. The quantitative estimate of drug-likeness (QED) is 0.564. The summed E-state index contributed by atoms with van der Waals surface area (Å²) in [6, 6.07) is 0. The van der Waals surface area contributed by atoms with E-state index in [4.69, 9.17) is 10.5 Å². The van der Waals surface area contributed by atoms with Crippen molar-refractivity contribution in [3.05, 3.63) is 0 Å². The number of halogens is 1. The maximum absolute atomic E-state index is 11.8. The highest BCUT2D eigenvalue weighted by Crippen LogP contribution is 1.98. The number of hydrogen-bond donors (Lipinski definition) is 2. The predicted octanol–water partition coefficient (Wildman–Crippen LogP) is -0.386. The molecule has 0 saturated carbocycles. The number of nitrogens with one attached hydrogen (secondary N) is 1. The Morgan fingerprint density at radius 1 is 1.39 bits per heavy atom. The van der Waals surface area contributed by atoms with E-state index in [2.05, 4.69) is 5.32 Å². The molecule has 0 aromatic heterocycles. The van der Waals surface area contributed by atoms with Gasteiger partial charge in [0.05, 0.1) is 19.7 Å². The van der Waals surface area contributed by atoms with Crippen LogP contribution in [-0.2, 0) is 14.3 Å². The summed E-state index contributed by atoms with van der Waals surface area (Å²) in [7, 11) is 1.60. The second-order valence-corrected chi connectivity index (χ2v) is 4.30. The molecule has 2 amide bonds. The van der Waals surface area contributed by atoms with Gasteiger partial charge in [0.15, 0.2) is 0 Å². The van der Waals surface area contributed by atoms with Crippen molar-refractivity contribution in [2.75, 3.05) is 39.9 Å². The fourth-order valence-corrected chi connectivity index (χ4v) is 1.36. The molecule has 0 aliphatic heterocycles. The lowest BCUT2D eigenvalue weighted by Crippen LogP contribution is -2.44. The third kappa shape index (κ3) is 10.3. The lowest BCUT2D eigenvalue weighted by atomic mass is 10.2. The van der Waals surface area contributed by atoms with Crippen LogP contribution in [0.3, 0.4) is 0 Å². The second-order valence-electron chi connectivity index (χ2n) is 4.30. The summed E-state index contributed by atoms with van der Waals surface area (Å²) in [6.07, 6.45) is 0. The minimum Gasteiger partial charge on any atom is -0.383 e. The van der Waals surface area contributed by atoms with Crippen molar-refractivity contribution in [1.29, 1.82) is 0 Å². The summed E-state index contributed by atoms with van der Waals surface area (Å²) in [5.74, 6) is -0.304. The van der Waals surface area contributed by atoms with E-state index in [0.29, 0.717) is 25.6 Å². The van der Waals surface area contributed by atoms with E-state index >= 15 is 0 Å². The van der Waals surface area contributed by atoms with Crippen molar-refractivity contribution in [3.63, 3.8) is 0 Å². The smallest absolute Gasteiger partial charge is 0.237 e. The van der Waals surface area contributed by atoms with Crippen molar-refractivity contribution in [2.45, 2.75) is 13.8 Å². The van der Waals surface area contributed by atoms with Crippen molar-refractivity contribution in [1.82, 2.24) is 10.2 Å². The largest absolute Gasteiger partial charge is 0.383 e. The molecule has 18 heavy (non-hydrogen) atoms. The average molecular weight is 282 g/mol. The van der Waals surface area contributed by atoms with Gasteiger partial charge in [0.25, 0.3) is 0 Å². The molecule has 6 nitrogen and oxygen atoms in total. The number of ether oxygens (including phenoxy) is 1. The topological polar surface area (TPSA) is 84.7 Å². The van der Waals surface area contributed by atoms with Gasteiger partial charge in [-0.05, 0) is 5.92 Å². The van der Waals surface area contributed by atoms with Crippen LogP contribution in [0.25, 0.3) is 0 Å². The maximum atomic E-state index is 11.8. The third-order valence-electron chi connectivity index (χ3n) is 2.04. The van der Waals surface area contributed by atoms with Gasteiger partial charge in [0.2, 0.25) is 11.8 Å². The molecule has 0 saturated heterocycles. The Balaban J connectivity index is 0. The van der Waals surface area contributed by atoms with Gasteiger partial charge in [0, 0.05) is 20.2 Å². The standard InChI is InChI=1S/C11H23N3O3.ClH/c1-9(2)7-14(8-10(12)15)11(16)6-13-4-5-17-3;/h9,13H,4-8H2,1-3H3,(H2,12,15);1H. The van der Waals surface area contributed by atoms with Gasteiger partial charge in [-0.15, -0.1) is 12.4 Å².